The fourth-order valence-electron chi connectivity index (χ4n) is 1.81. The summed E-state index contributed by atoms with van der Waals surface area (Å²) in [6, 6.07) is 9.69. The van der Waals surface area contributed by atoms with Gasteiger partial charge in [-0.1, -0.05) is 29.5 Å². The number of hydrogen-bond donors (Lipinski definition) is 1. The number of rotatable bonds is 8. The van der Waals surface area contributed by atoms with Gasteiger partial charge in [-0.25, -0.2) is 9.97 Å². The van der Waals surface area contributed by atoms with Crippen LogP contribution in [0.1, 0.15) is 18.9 Å². The molecule has 0 radical (unpaired) electrons. The van der Waals surface area contributed by atoms with Crippen LogP contribution in [-0.4, -0.2) is 34.3 Å². The van der Waals surface area contributed by atoms with E-state index < -0.39 is 0 Å². The molecule has 1 aromatic heterocycles. The molecule has 0 saturated heterocycles. The SMILES string of the molecule is Cc1ccc(OCCCNC(=O)[C@H](C)Sc2ncccn2)cc1. The number of amides is 1. The number of hydrogen-bond acceptors (Lipinski definition) is 5. The first kappa shape index (κ1) is 17.3. The van der Waals surface area contributed by atoms with E-state index in [1.807, 2.05) is 38.1 Å². The van der Waals surface area contributed by atoms with Gasteiger partial charge in [0.2, 0.25) is 5.91 Å². The number of nitrogens with one attached hydrogen (secondary N) is 1. The molecule has 1 amide bonds. The Morgan fingerprint density at radius 3 is 2.65 bits per heavy atom. The van der Waals surface area contributed by atoms with Gasteiger partial charge in [0.25, 0.3) is 0 Å². The van der Waals surface area contributed by atoms with E-state index in [4.69, 9.17) is 4.74 Å². The van der Waals surface area contributed by atoms with Crippen molar-refractivity contribution < 1.29 is 9.53 Å². The molecule has 0 bridgehead atoms. The largest absolute Gasteiger partial charge is 0.494 e. The summed E-state index contributed by atoms with van der Waals surface area (Å²) in [5.74, 6) is 0.838. The van der Waals surface area contributed by atoms with Gasteiger partial charge in [-0.3, -0.25) is 4.79 Å². The monoisotopic (exact) mass is 331 g/mol. The molecule has 0 unspecified atom stereocenters. The number of thioether (sulfide) groups is 1. The zero-order valence-electron chi connectivity index (χ0n) is 13.4. The molecule has 1 aromatic carbocycles. The Morgan fingerprint density at radius 2 is 1.96 bits per heavy atom. The number of aromatic nitrogens is 2. The fourth-order valence-corrected chi connectivity index (χ4v) is 2.56. The van der Waals surface area contributed by atoms with Crippen LogP contribution in [0.5, 0.6) is 5.75 Å². The van der Waals surface area contributed by atoms with Gasteiger partial charge in [-0.15, -0.1) is 0 Å². The molecule has 2 rings (SSSR count). The number of aryl methyl sites for hydroxylation is 1. The predicted molar refractivity (Wildman–Crippen MR) is 91.7 cm³/mol. The molecule has 0 saturated carbocycles. The highest BCUT2D eigenvalue weighted by molar-refractivity contribution is 8.00. The third-order valence-electron chi connectivity index (χ3n) is 3.10. The number of carbonyl (C=O) groups excluding carboxylic acids is 1. The molecular formula is C17H21N3O2S. The van der Waals surface area contributed by atoms with Gasteiger partial charge in [0.15, 0.2) is 5.16 Å². The van der Waals surface area contributed by atoms with Crippen LogP contribution in [0.3, 0.4) is 0 Å². The maximum absolute atomic E-state index is 12.0. The molecule has 0 aliphatic carbocycles. The molecule has 0 aliphatic heterocycles. The second-order valence-corrected chi connectivity index (χ2v) is 6.41. The number of ether oxygens (including phenoxy) is 1. The van der Waals surface area contributed by atoms with Crippen LogP contribution in [0.2, 0.25) is 0 Å². The zero-order chi connectivity index (χ0) is 16.5. The van der Waals surface area contributed by atoms with E-state index in [1.54, 1.807) is 18.5 Å². The molecule has 1 heterocycles. The standard InChI is InChI=1S/C17H21N3O2S/c1-13-5-7-15(8-6-13)22-12-4-11-18-16(21)14(2)23-17-19-9-3-10-20-17/h3,5-10,14H,4,11-12H2,1-2H3,(H,18,21)/t14-/m0/s1. The van der Waals surface area contributed by atoms with Crippen molar-refractivity contribution in [2.24, 2.45) is 0 Å². The van der Waals surface area contributed by atoms with E-state index in [2.05, 4.69) is 15.3 Å². The first-order valence-electron chi connectivity index (χ1n) is 7.56. The second-order valence-electron chi connectivity index (χ2n) is 5.10. The summed E-state index contributed by atoms with van der Waals surface area (Å²) < 4.78 is 5.62. The van der Waals surface area contributed by atoms with Gasteiger partial charge in [0.05, 0.1) is 11.9 Å². The lowest BCUT2D eigenvalue weighted by molar-refractivity contribution is -0.120. The lowest BCUT2D eigenvalue weighted by atomic mass is 10.2. The van der Waals surface area contributed by atoms with Crippen LogP contribution in [0.15, 0.2) is 47.9 Å². The minimum atomic E-state index is -0.226. The quantitative estimate of drug-likeness (QED) is 0.458. The average molecular weight is 331 g/mol. The van der Waals surface area contributed by atoms with E-state index >= 15 is 0 Å². The topological polar surface area (TPSA) is 64.1 Å². The Balaban J connectivity index is 1.61. The van der Waals surface area contributed by atoms with Gasteiger partial charge in [0.1, 0.15) is 5.75 Å². The fraction of sp³-hybridized carbons (Fsp3) is 0.353. The molecule has 0 spiro atoms. The summed E-state index contributed by atoms with van der Waals surface area (Å²) >= 11 is 1.35. The summed E-state index contributed by atoms with van der Waals surface area (Å²) in [5.41, 5.74) is 1.21. The Hall–Kier alpha value is -2.08. The van der Waals surface area contributed by atoms with Crippen molar-refractivity contribution in [1.82, 2.24) is 15.3 Å². The van der Waals surface area contributed by atoms with Crippen molar-refractivity contribution in [3.63, 3.8) is 0 Å². The predicted octanol–water partition coefficient (Wildman–Crippen LogP) is 2.85. The van der Waals surface area contributed by atoms with Crippen molar-refractivity contribution in [3.8, 4) is 5.75 Å². The van der Waals surface area contributed by atoms with Gasteiger partial charge in [-0.2, -0.15) is 0 Å². The number of carbonyl (C=O) groups is 1. The van der Waals surface area contributed by atoms with Crippen LogP contribution < -0.4 is 10.1 Å². The third kappa shape index (κ3) is 6.28. The molecule has 6 heteroatoms. The molecule has 0 aliphatic rings. The van der Waals surface area contributed by atoms with Crippen LogP contribution in [-0.2, 0) is 4.79 Å². The molecular weight excluding hydrogens is 310 g/mol. The van der Waals surface area contributed by atoms with Crippen LogP contribution in [0, 0.1) is 6.92 Å². The number of benzene rings is 1. The Labute approximate surface area is 140 Å². The van der Waals surface area contributed by atoms with Gasteiger partial charge < -0.3 is 10.1 Å². The zero-order valence-corrected chi connectivity index (χ0v) is 14.2. The van der Waals surface area contributed by atoms with E-state index in [1.165, 1.54) is 17.3 Å². The highest BCUT2D eigenvalue weighted by Crippen LogP contribution is 2.18. The van der Waals surface area contributed by atoms with Crippen LogP contribution in [0.4, 0.5) is 0 Å². The van der Waals surface area contributed by atoms with E-state index in [9.17, 15) is 4.79 Å². The van der Waals surface area contributed by atoms with Crippen molar-refractivity contribution in [2.45, 2.75) is 30.7 Å². The molecule has 1 atom stereocenters. The molecule has 5 nitrogen and oxygen atoms in total. The maximum atomic E-state index is 12.0. The van der Waals surface area contributed by atoms with E-state index in [0.717, 1.165) is 12.2 Å². The summed E-state index contributed by atoms with van der Waals surface area (Å²) in [4.78, 5) is 20.2. The Kier molecular flexibility index (Phi) is 6.87. The third-order valence-corrected chi connectivity index (χ3v) is 4.09. The summed E-state index contributed by atoms with van der Waals surface area (Å²) in [6.07, 6.45) is 4.10. The van der Waals surface area contributed by atoms with Gasteiger partial charge in [-0.05, 0) is 38.5 Å². The summed E-state index contributed by atoms with van der Waals surface area (Å²) in [5, 5.41) is 3.29. The highest BCUT2D eigenvalue weighted by atomic mass is 32.2. The molecule has 122 valence electrons. The minimum Gasteiger partial charge on any atom is -0.494 e. The Morgan fingerprint density at radius 1 is 1.26 bits per heavy atom. The van der Waals surface area contributed by atoms with E-state index in [-0.39, 0.29) is 11.2 Å². The lowest BCUT2D eigenvalue weighted by Gasteiger charge is -2.11. The highest BCUT2D eigenvalue weighted by Gasteiger charge is 2.14. The minimum absolute atomic E-state index is 0.0159. The van der Waals surface area contributed by atoms with Crippen molar-refractivity contribution in [3.05, 3.63) is 48.3 Å². The van der Waals surface area contributed by atoms with Crippen molar-refractivity contribution >= 4 is 17.7 Å². The van der Waals surface area contributed by atoms with Crippen molar-refractivity contribution in [2.75, 3.05) is 13.2 Å². The first-order chi connectivity index (χ1) is 11.1. The molecule has 23 heavy (non-hydrogen) atoms. The summed E-state index contributed by atoms with van der Waals surface area (Å²) in [7, 11) is 0. The smallest absolute Gasteiger partial charge is 0.233 e. The van der Waals surface area contributed by atoms with Gasteiger partial charge >= 0.3 is 0 Å². The molecule has 1 N–H and O–H groups in total. The van der Waals surface area contributed by atoms with Crippen LogP contribution in [0.25, 0.3) is 0 Å². The van der Waals surface area contributed by atoms with Crippen LogP contribution >= 0.6 is 11.8 Å². The first-order valence-corrected chi connectivity index (χ1v) is 8.44. The van der Waals surface area contributed by atoms with E-state index in [0.29, 0.717) is 18.3 Å². The second kappa shape index (κ2) is 9.15. The lowest BCUT2D eigenvalue weighted by Crippen LogP contribution is -2.32. The normalized spacial score (nSPS) is 11.7. The molecule has 0 fully saturated rings. The molecule has 2 aromatic rings. The van der Waals surface area contributed by atoms with Crippen molar-refractivity contribution in [1.29, 1.82) is 0 Å². The Bertz CT molecular complexity index is 605. The van der Waals surface area contributed by atoms with Gasteiger partial charge in [0, 0.05) is 18.9 Å². The number of nitrogens with zero attached hydrogens (tertiary/aromatic N) is 2. The average Bonchev–Trinajstić information content (AvgIpc) is 2.57. The maximum Gasteiger partial charge on any atom is 0.233 e. The summed E-state index contributed by atoms with van der Waals surface area (Å²) in [6.45, 7) is 5.05.